The Balaban J connectivity index is 1.28. The number of imide groups is 1. The zero-order valence-corrected chi connectivity index (χ0v) is 22.5. The first-order valence-electron chi connectivity index (χ1n) is 13.1. The monoisotopic (exact) mass is 552 g/mol. The Labute approximate surface area is 235 Å². The number of aliphatic imine (C=N–C) groups is 1. The molecule has 0 bridgehead atoms. The molecule has 11 heteroatoms. The summed E-state index contributed by atoms with van der Waals surface area (Å²) in [6.45, 7) is 2.02. The first-order chi connectivity index (χ1) is 19.7. The van der Waals surface area contributed by atoms with Crippen LogP contribution in [-0.4, -0.2) is 54.7 Å². The molecule has 0 aliphatic carbocycles. The highest BCUT2D eigenvalue weighted by Gasteiger charge is 2.50. The van der Waals surface area contributed by atoms with E-state index in [4.69, 9.17) is 10.5 Å². The molecule has 2 unspecified atom stereocenters. The number of hydrogen-bond donors (Lipinski definition) is 4. The molecular formula is C30H28N6O5. The molecule has 1 fully saturated rings. The van der Waals surface area contributed by atoms with Gasteiger partial charge >= 0.3 is 6.03 Å². The normalized spacial score (nSPS) is 23.2. The highest BCUT2D eigenvalue weighted by Crippen LogP contribution is 2.34. The van der Waals surface area contributed by atoms with Crippen molar-refractivity contribution in [3.8, 4) is 16.9 Å². The number of ether oxygens (including phenoxy) is 1. The highest BCUT2D eigenvalue weighted by molar-refractivity contribution is 6.09. The minimum absolute atomic E-state index is 0.0399. The summed E-state index contributed by atoms with van der Waals surface area (Å²) in [6, 6.07) is 19.3. The van der Waals surface area contributed by atoms with Crippen molar-refractivity contribution >= 4 is 29.6 Å². The van der Waals surface area contributed by atoms with Crippen molar-refractivity contribution in [3.63, 3.8) is 0 Å². The second-order valence-electron chi connectivity index (χ2n) is 10.4. The molecule has 6 rings (SSSR count). The van der Waals surface area contributed by atoms with E-state index in [-0.39, 0.29) is 24.9 Å². The first kappa shape index (κ1) is 26.2. The average Bonchev–Trinajstić information content (AvgIpc) is 3.57. The van der Waals surface area contributed by atoms with Gasteiger partial charge in [0, 0.05) is 18.7 Å². The third-order valence-corrected chi connectivity index (χ3v) is 7.96. The number of amides is 5. The Kier molecular flexibility index (Phi) is 6.11. The van der Waals surface area contributed by atoms with Crippen LogP contribution in [0, 0.1) is 0 Å². The third kappa shape index (κ3) is 4.13. The van der Waals surface area contributed by atoms with Crippen molar-refractivity contribution in [1.82, 2.24) is 20.9 Å². The number of benzene rings is 3. The lowest BCUT2D eigenvalue weighted by Gasteiger charge is -2.31. The maximum absolute atomic E-state index is 13.2. The van der Waals surface area contributed by atoms with Crippen molar-refractivity contribution in [3.05, 3.63) is 89.0 Å². The number of carbonyl (C=O) groups excluding carboxylic acids is 4. The number of fused-ring (bicyclic) bond motifs is 1. The quantitative estimate of drug-likeness (QED) is 0.328. The summed E-state index contributed by atoms with van der Waals surface area (Å²) in [5, 5.41) is 7.82. The molecule has 5 N–H and O–H groups in total. The molecule has 0 spiro atoms. The van der Waals surface area contributed by atoms with Gasteiger partial charge in [0.1, 0.15) is 11.6 Å². The predicted molar refractivity (Wildman–Crippen MR) is 150 cm³/mol. The van der Waals surface area contributed by atoms with Gasteiger partial charge in [-0.05, 0) is 46.9 Å². The number of carbonyl (C=O) groups is 4. The van der Waals surface area contributed by atoms with Crippen molar-refractivity contribution in [2.45, 2.75) is 24.5 Å². The lowest BCUT2D eigenvalue weighted by molar-refractivity contribution is -0.125. The fourth-order valence-electron chi connectivity index (χ4n) is 5.75. The first-order valence-corrected chi connectivity index (χ1v) is 13.1. The molecule has 1 saturated heterocycles. The zero-order valence-electron chi connectivity index (χ0n) is 22.5. The van der Waals surface area contributed by atoms with Gasteiger partial charge in [0.2, 0.25) is 0 Å². The summed E-state index contributed by atoms with van der Waals surface area (Å²) >= 11 is 0. The molecule has 208 valence electrons. The van der Waals surface area contributed by atoms with Crippen LogP contribution in [-0.2, 0) is 27.2 Å². The molecule has 3 aliphatic rings. The SMILES string of the molecule is COc1ccc2c(c1)C(=O)N(CC1(c3ccc(-c4ccc(C5(CN)N=C(C)NC5=O)cc4)cc3)NC(=O)NC1=O)C2. The minimum atomic E-state index is -1.46. The van der Waals surface area contributed by atoms with Crippen LogP contribution in [0.15, 0.2) is 71.7 Å². The summed E-state index contributed by atoms with van der Waals surface area (Å²) < 4.78 is 5.26. The molecule has 3 heterocycles. The number of nitrogens with two attached hydrogens (primary N) is 1. The molecule has 3 aliphatic heterocycles. The van der Waals surface area contributed by atoms with E-state index in [9.17, 15) is 19.2 Å². The second kappa shape index (κ2) is 9.56. The summed E-state index contributed by atoms with van der Waals surface area (Å²) in [6.07, 6.45) is 0. The standard InChI is InChI=1S/C30H28N6O5/c1-17-32-26(38)29(15-31,34-17)21-8-3-18(4-9-21)19-5-10-22(11-6-19)30(27(39)33-28(40)35-30)16-36-14-20-7-12-23(41-2)13-24(20)25(36)37/h3-13H,14-16,31H2,1-2H3,(H,32,34,38)(H2,33,35,39,40). The van der Waals surface area contributed by atoms with Gasteiger partial charge in [-0.3, -0.25) is 19.7 Å². The number of nitrogens with zero attached hydrogens (tertiary/aromatic N) is 2. The minimum Gasteiger partial charge on any atom is -0.497 e. The fourth-order valence-corrected chi connectivity index (χ4v) is 5.75. The van der Waals surface area contributed by atoms with E-state index in [0.29, 0.717) is 34.8 Å². The van der Waals surface area contributed by atoms with Gasteiger partial charge in [0.25, 0.3) is 17.7 Å². The van der Waals surface area contributed by atoms with Gasteiger partial charge in [-0.15, -0.1) is 0 Å². The second-order valence-corrected chi connectivity index (χ2v) is 10.4. The van der Waals surface area contributed by atoms with Crippen molar-refractivity contribution in [1.29, 1.82) is 0 Å². The van der Waals surface area contributed by atoms with Crippen LogP contribution in [0.1, 0.15) is 34.0 Å². The Bertz CT molecular complexity index is 1630. The zero-order chi connectivity index (χ0) is 28.9. The van der Waals surface area contributed by atoms with Crippen LogP contribution in [0.5, 0.6) is 5.75 Å². The summed E-state index contributed by atoms with van der Waals surface area (Å²) in [4.78, 5) is 57.3. The van der Waals surface area contributed by atoms with Gasteiger partial charge in [0.15, 0.2) is 11.1 Å². The third-order valence-electron chi connectivity index (χ3n) is 7.96. The molecule has 2 atom stereocenters. The van der Waals surface area contributed by atoms with Gasteiger partial charge in [-0.25, -0.2) is 9.79 Å². The molecule has 41 heavy (non-hydrogen) atoms. The largest absolute Gasteiger partial charge is 0.497 e. The summed E-state index contributed by atoms with van der Waals surface area (Å²) in [5.74, 6) is 0.0666. The van der Waals surface area contributed by atoms with E-state index >= 15 is 0 Å². The van der Waals surface area contributed by atoms with Gasteiger partial charge in [0.05, 0.1) is 13.7 Å². The van der Waals surface area contributed by atoms with Crippen molar-refractivity contribution in [2.75, 3.05) is 20.2 Å². The van der Waals surface area contributed by atoms with Crippen LogP contribution < -0.4 is 26.4 Å². The van der Waals surface area contributed by atoms with Gasteiger partial charge in [-0.2, -0.15) is 0 Å². The number of rotatable bonds is 7. The maximum atomic E-state index is 13.2. The number of amidine groups is 1. The fraction of sp³-hybridized carbons (Fsp3) is 0.233. The lowest BCUT2D eigenvalue weighted by Crippen LogP contribution is -2.52. The van der Waals surface area contributed by atoms with Crippen molar-refractivity contribution < 1.29 is 23.9 Å². The van der Waals surface area contributed by atoms with E-state index in [1.54, 1.807) is 36.1 Å². The Morgan fingerprint density at radius 1 is 0.902 bits per heavy atom. The molecule has 0 radical (unpaired) electrons. The number of urea groups is 1. The Morgan fingerprint density at radius 3 is 2.10 bits per heavy atom. The molecule has 5 amide bonds. The smallest absolute Gasteiger partial charge is 0.322 e. The average molecular weight is 553 g/mol. The maximum Gasteiger partial charge on any atom is 0.322 e. The van der Waals surface area contributed by atoms with E-state index in [0.717, 1.165) is 16.7 Å². The van der Waals surface area contributed by atoms with Gasteiger partial charge in [-0.1, -0.05) is 54.6 Å². The number of methoxy groups -OCH3 is 1. The van der Waals surface area contributed by atoms with E-state index in [2.05, 4.69) is 20.9 Å². The van der Waals surface area contributed by atoms with E-state index in [1.807, 2.05) is 42.5 Å². The van der Waals surface area contributed by atoms with Crippen LogP contribution in [0.25, 0.3) is 11.1 Å². The Morgan fingerprint density at radius 2 is 1.56 bits per heavy atom. The number of hydrogen-bond acceptors (Lipinski definition) is 7. The molecule has 11 nitrogen and oxygen atoms in total. The predicted octanol–water partition coefficient (Wildman–Crippen LogP) is 1.76. The van der Waals surface area contributed by atoms with Crippen molar-refractivity contribution in [2.24, 2.45) is 10.7 Å². The van der Waals surface area contributed by atoms with Crippen LogP contribution in [0.4, 0.5) is 4.79 Å². The lowest BCUT2D eigenvalue weighted by atomic mass is 9.87. The van der Waals surface area contributed by atoms with Crippen LogP contribution in [0.3, 0.4) is 0 Å². The number of nitrogens with one attached hydrogen (secondary N) is 3. The van der Waals surface area contributed by atoms with E-state index in [1.165, 1.54) is 7.11 Å². The molecule has 0 saturated carbocycles. The topological polar surface area (TPSA) is 155 Å². The molecule has 3 aromatic carbocycles. The van der Waals surface area contributed by atoms with Crippen LogP contribution >= 0.6 is 0 Å². The molecule has 0 aromatic heterocycles. The molecule has 3 aromatic rings. The van der Waals surface area contributed by atoms with Crippen LogP contribution in [0.2, 0.25) is 0 Å². The Hall–Kier alpha value is -5.03. The highest BCUT2D eigenvalue weighted by atomic mass is 16.5. The summed E-state index contributed by atoms with van der Waals surface area (Å²) in [5.41, 5.74) is 7.64. The molecular weight excluding hydrogens is 524 g/mol. The van der Waals surface area contributed by atoms with Gasteiger partial charge < -0.3 is 26.0 Å². The van der Waals surface area contributed by atoms with E-state index < -0.39 is 23.0 Å². The summed E-state index contributed by atoms with van der Waals surface area (Å²) in [7, 11) is 1.53.